The third-order valence-electron chi connectivity index (χ3n) is 5.52. The summed E-state index contributed by atoms with van der Waals surface area (Å²) in [5, 5.41) is 8.46. The Labute approximate surface area is 197 Å². The number of likely N-dealkylation sites (tertiary alicyclic amines) is 1. The minimum Gasteiger partial charge on any atom is -0.467 e. The van der Waals surface area contributed by atoms with E-state index >= 15 is 0 Å². The fraction of sp³-hybridized carbons (Fsp3) is 0.458. The fourth-order valence-electron chi connectivity index (χ4n) is 4.00. The van der Waals surface area contributed by atoms with Crippen LogP contribution in [0.5, 0.6) is 0 Å². The monoisotopic (exact) mass is 467 g/mol. The van der Waals surface area contributed by atoms with E-state index in [1.807, 2.05) is 42.5 Å². The van der Waals surface area contributed by atoms with Gasteiger partial charge in [-0.15, -0.1) is 0 Å². The van der Waals surface area contributed by atoms with E-state index in [-0.39, 0.29) is 13.0 Å². The second kappa shape index (κ2) is 10.4. The second-order valence-electron chi connectivity index (χ2n) is 9.15. The molecule has 0 saturated carbocycles. The number of carbonyl (C=O) groups excluding carboxylic acids is 3. The van der Waals surface area contributed by atoms with Crippen molar-refractivity contribution >= 4 is 28.7 Å². The van der Waals surface area contributed by atoms with Gasteiger partial charge in [0.2, 0.25) is 5.91 Å². The molecule has 1 aliphatic rings. The van der Waals surface area contributed by atoms with E-state index in [4.69, 9.17) is 15.0 Å². The van der Waals surface area contributed by atoms with Gasteiger partial charge in [0.25, 0.3) is 0 Å². The Morgan fingerprint density at radius 2 is 1.91 bits per heavy atom. The molecule has 180 valence electrons. The lowest BCUT2D eigenvalue weighted by atomic mass is 10.0. The van der Waals surface area contributed by atoms with Crippen molar-refractivity contribution in [2.24, 2.45) is 5.11 Å². The van der Waals surface area contributed by atoms with E-state index in [1.54, 1.807) is 20.8 Å². The van der Waals surface area contributed by atoms with E-state index in [1.165, 1.54) is 12.0 Å². The normalized spacial score (nSPS) is 18.6. The minimum absolute atomic E-state index is 0.185. The Bertz CT molecular complexity index is 1120. The average molecular weight is 468 g/mol. The van der Waals surface area contributed by atoms with Gasteiger partial charge in [0.05, 0.1) is 13.2 Å². The molecule has 10 nitrogen and oxygen atoms in total. The first-order valence-corrected chi connectivity index (χ1v) is 11.0. The molecule has 1 aliphatic heterocycles. The van der Waals surface area contributed by atoms with Crippen LogP contribution in [0, 0.1) is 0 Å². The molecule has 10 heteroatoms. The molecular weight excluding hydrogens is 438 g/mol. The van der Waals surface area contributed by atoms with Crippen molar-refractivity contribution in [1.29, 1.82) is 0 Å². The lowest BCUT2D eigenvalue weighted by molar-refractivity contribution is -0.145. The lowest BCUT2D eigenvalue weighted by Gasteiger charge is -2.30. The van der Waals surface area contributed by atoms with Gasteiger partial charge in [-0.2, -0.15) is 0 Å². The summed E-state index contributed by atoms with van der Waals surface area (Å²) in [5.41, 5.74) is 9.01. The number of fused-ring (bicyclic) bond motifs is 1. The summed E-state index contributed by atoms with van der Waals surface area (Å²) >= 11 is 0. The maximum Gasteiger partial charge on any atom is 0.410 e. The Hall–Kier alpha value is -3.78. The highest BCUT2D eigenvalue weighted by molar-refractivity contribution is 5.91. The molecule has 0 spiro atoms. The number of azide groups is 1. The Balaban J connectivity index is 1.83. The zero-order chi connectivity index (χ0) is 24.9. The predicted molar refractivity (Wildman–Crippen MR) is 126 cm³/mol. The van der Waals surface area contributed by atoms with Crippen LogP contribution in [0.15, 0.2) is 47.6 Å². The van der Waals surface area contributed by atoms with E-state index < -0.39 is 41.7 Å². The molecule has 0 radical (unpaired) electrons. The number of ether oxygens (including phenoxy) is 2. The van der Waals surface area contributed by atoms with Gasteiger partial charge in [0, 0.05) is 17.9 Å². The molecule has 0 bridgehead atoms. The highest BCUT2D eigenvalue weighted by atomic mass is 16.6. The maximum absolute atomic E-state index is 13.3. The van der Waals surface area contributed by atoms with Crippen molar-refractivity contribution in [3.05, 3.63) is 58.5 Å². The molecule has 2 amide bonds. The van der Waals surface area contributed by atoms with Crippen molar-refractivity contribution in [2.45, 2.75) is 57.3 Å². The quantitative estimate of drug-likeness (QED) is 0.299. The summed E-state index contributed by atoms with van der Waals surface area (Å²) < 4.78 is 10.3. The van der Waals surface area contributed by atoms with Crippen molar-refractivity contribution < 1.29 is 23.9 Å². The molecule has 3 atom stereocenters. The van der Waals surface area contributed by atoms with Gasteiger partial charge in [-0.25, -0.2) is 9.59 Å². The molecule has 0 aliphatic carbocycles. The first kappa shape index (κ1) is 24.9. The summed E-state index contributed by atoms with van der Waals surface area (Å²) in [6, 6.07) is 10.7. The van der Waals surface area contributed by atoms with Gasteiger partial charge in [0.1, 0.15) is 17.7 Å². The number of hydrogen-bond donors (Lipinski definition) is 1. The fourth-order valence-corrected chi connectivity index (χ4v) is 4.00. The summed E-state index contributed by atoms with van der Waals surface area (Å²) in [6.07, 6.45) is -0.198. The van der Waals surface area contributed by atoms with E-state index in [2.05, 4.69) is 15.3 Å². The molecule has 1 saturated heterocycles. The van der Waals surface area contributed by atoms with Crippen molar-refractivity contribution in [2.75, 3.05) is 13.7 Å². The number of rotatable bonds is 6. The van der Waals surface area contributed by atoms with Crippen LogP contribution >= 0.6 is 0 Å². The molecule has 0 aromatic heterocycles. The van der Waals surface area contributed by atoms with Crippen LogP contribution in [0.25, 0.3) is 21.2 Å². The van der Waals surface area contributed by atoms with E-state index in [0.29, 0.717) is 6.42 Å². The van der Waals surface area contributed by atoms with Gasteiger partial charge in [-0.3, -0.25) is 9.69 Å². The number of esters is 1. The van der Waals surface area contributed by atoms with Crippen LogP contribution in [0.4, 0.5) is 4.79 Å². The molecule has 34 heavy (non-hydrogen) atoms. The topological polar surface area (TPSA) is 134 Å². The summed E-state index contributed by atoms with van der Waals surface area (Å²) in [6.45, 7) is 5.34. The van der Waals surface area contributed by atoms with Gasteiger partial charge >= 0.3 is 12.1 Å². The van der Waals surface area contributed by atoms with Gasteiger partial charge in [0.15, 0.2) is 0 Å². The minimum atomic E-state index is -1.10. The zero-order valence-corrected chi connectivity index (χ0v) is 19.7. The smallest absolute Gasteiger partial charge is 0.410 e. The van der Waals surface area contributed by atoms with Crippen LogP contribution in [0.1, 0.15) is 32.8 Å². The summed E-state index contributed by atoms with van der Waals surface area (Å²) in [7, 11) is 1.24. The van der Waals surface area contributed by atoms with Gasteiger partial charge in [-0.05, 0) is 49.1 Å². The standard InChI is InChI=1S/C24H29N5O5/c1-24(2,3)34-23(32)29-12-11-18(27-28-25)20(29)21(30)26-19(22(31)33-4)14-15-9-10-16-7-5-6-8-17(16)13-15/h5-10,13,18-20H,11-12,14H2,1-4H3,(H,26,30)/t18-,19+,20+/m1/s1. The third kappa shape index (κ3) is 5.96. The van der Waals surface area contributed by atoms with Crippen molar-refractivity contribution in [3.8, 4) is 0 Å². The number of amides is 2. The number of nitrogens with one attached hydrogen (secondary N) is 1. The van der Waals surface area contributed by atoms with Crippen LogP contribution in [-0.4, -0.2) is 60.3 Å². The SMILES string of the molecule is COC(=O)[C@H](Cc1ccc2ccccc2c1)NC(=O)[C@@H]1[C@H](N=[N+]=[N-])CCN1C(=O)OC(C)(C)C. The number of methoxy groups -OCH3 is 1. The Kier molecular flexibility index (Phi) is 7.63. The molecule has 1 heterocycles. The van der Waals surface area contributed by atoms with Gasteiger partial charge < -0.3 is 14.8 Å². The molecule has 1 fully saturated rings. The van der Waals surface area contributed by atoms with Crippen LogP contribution in [0.2, 0.25) is 0 Å². The number of benzene rings is 2. The number of nitrogens with zero attached hydrogens (tertiary/aromatic N) is 4. The first-order valence-electron chi connectivity index (χ1n) is 11.0. The average Bonchev–Trinajstić information content (AvgIpc) is 3.21. The molecule has 2 aromatic carbocycles. The second-order valence-corrected chi connectivity index (χ2v) is 9.15. The Morgan fingerprint density at radius 1 is 1.21 bits per heavy atom. The number of carbonyl (C=O) groups is 3. The molecule has 2 aromatic rings. The maximum atomic E-state index is 13.3. The first-order chi connectivity index (χ1) is 16.1. The highest BCUT2D eigenvalue weighted by Crippen LogP contribution is 2.25. The van der Waals surface area contributed by atoms with Crippen molar-refractivity contribution in [1.82, 2.24) is 10.2 Å². The van der Waals surface area contributed by atoms with Crippen LogP contribution in [-0.2, 0) is 25.5 Å². The Morgan fingerprint density at radius 3 is 2.56 bits per heavy atom. The predicted octanol–water partition coefficient (Wildman–Crippen LogP) is 3.73. The van der Waals surface area contributed by atoms with Crippen LogP contribution < -0.4 is 5.32 Å². The number of hydrogen-bond acceptors (Lipinski definition) is 6. The zero-order valence-electron chi connectivity index (χ0n) is 19.7. The molecule has 1 N–H and O–H groups in total. The molecule has 0 unspecified atom stereocenters. The van der Waals surface area contributed by atoms with E-state index in [9.17, 15) is 14.4 Å². The largest absolute Gasteiger partial charge is 0.467 e. The van der Waals surface area contributed by atoms with Crippen molar-refractivity contribution in [3.63, 3.8) is 0 Å². The lowest BCUT2D eigenvalue weighted by Crippen LogP contribution is -2.55. The summed E-state index contributed by atoms with van der Waals surface area (Å²) in [4.78, 5) is 42.6. The third-order valence-corrected chi connectivity index (χ3v) is 5.52. The van der Waals surface area contributed by atoms with Gasteiger partial charge in [-0.1, -0.05) is 47.6 Å². The van der Waals surface area contributed by atoms with E-state index in [0.717, 1.165) is 16.3 Å². The van der Waals surface area contributed by atoms with Crippen LogP contribution in [0.3, 0.4) is 0 Å². The summed E-state index contributed by atoms with van der Waals surface area (Å²) in [5.74, 6) is -1.24. The molecule has 3 rings (SSSR count). The molecular formula is C24H29N5O5. The highest BCUT2D eigenvalue weighted by Gasteiger charge is 2.44.